The van der Waals surface area contributed by atoms with Gasteiger partial charge < -0.3 is 9.73 Å². The first-order valence-electron chi connectivity index (χ1n) is 9.10. The van der Waals surface area contributed by atoms with Crippen LogP contribution >= 0.6 is 0 Å². The third-order valence-corrected chi connectivity index (χ3v) is 6.07. The molecule has 0 unspecified atom stereocenters. The molecule has 1 amide bonds. The number of hydrogen-bond donors (Lipinski definition) is 1. The van der Waals surface area contributed by atoms with Crippen molar-refractivity contribution in [1.29, 1.82) is 0 Å². The molecule has 0 aliphatic heterocycles. The number of carbonyl (C=O) groups excluding carboxylic acids is 1. The number of oxazole rings is 1. The highest BCUT2D eigenvalue weighted by atomic mass is 16.3. The highest BCUT2D eigenvalue weighted by Gasteiger charge is 2.41. The van der Waals surface area contributed by atoms with Crippen molar-refractivity contribution in [3.8, 4) is 0 Å². The van der Waals surface area contributed by atoms with Crippen LogP contribution < -0.4 is 5.32 Å². The van der Waals surface area contributed by atoms with Crippen LogP contribution in [0, 0.1) is 11.8 Å². The van der Waals surface area contributed by atoms with Crippen molar-refractivity contribution in [2.45, 2.75) is 50.5 Å². The van der Waals surface area contributed by atoms with E-state index in [-0.39, 0.29) is 11.9 Å². The number of amides is 1. The quantitative estimate of drug-likeness (QED) is 0.941. The van der Waals surface area contributed by atoms with Gasteiger partial charge in [0.1, 0.15) is 0 Å². The van der Waals surface area contributed by atoms with Crippen LogP contribution in [0.2, 0.25) is 0 Å². The molecule has 2 saturated carbocycles. The second-order valence-electron chi connectivity index (χ2n) is 7.61. The first-order chi connectivity index (χ1) is 11.8. The molecule has 1 aromatic carbocycles. The zero-order valence-electron chi connectivity index (χ0n) is 13.7. The molecule has 2 bridgehead atoms. The molecule has 124 valence electrons. The third kappa shape index (κ3) is 2.36. The Balaban J connectivity index is 1.38. The van der Waals surface area contributed by atoms with Crippen LogP contribution in [-0.2, 0) is 12.8 Å². The number of aromatic nitrogens is 1. The third-order valence-electron chi connectivity index (χ3n) is 6.07. The molecule has 3 aliphatic carbocycles. The highest BCUT2D eigenvalue weighted by molar-refractivity contribution is 5.93. The van der Waals surface area contributed by atoms with Gasteiger partial charge in [-0.15, -0.1) is 0 Å². The van der Waals surface area contributed by atoms with Crippen LogP contribution in [0.3, 0.4) is 0 Å². The molecular formula is C20H22N2O2. The molecule has 1 heterocycles. The Morgan fingerprint density at radius 1 is 1.04 bits per heavy atom. The van der Waals surface area contributed by atoms with Crippen LogP contribution in [-0.4, -0.2) is 16.9 Å². The van der Waals surface area contributed by atoms with Crippen molar-refractivity contribution < 1.29 is 9.21 Å². The predicted molar refractivity (Wildman–Crippen MR) is 89.8 cm³/mol. The van der Waals surface area contributed by atoms with Gasteiger partial charge in [0.05, 0.1) is 5.69 Å². The fourth-order valence-corrected chi connectivity index (χ4v) is 4.68. The SMILES string of the molecule is O=C(NC1[C@H]2CC[C@H]1Cc1ccccc1C2)c1ocnc1C1CC1. The Labute approximate surface area is 141 Å². The number of rotatable bonds is 3. The van der Waals surface area contributed by atoms with E-state index < -0.39 is 0 Å². The van der Waals surface area contributed by atoms with E-state index in [4.69, 9.17) is 4.42 Å². The molecule has 0 saturated heterocycles. The Bertz CT molecular complexity index is 744. The molecule has 24 heavy (non-hydrogen) atoms. The lowest BCUT2D eigenvalue weighted by molar-refractivity contribution is 0.0886. The molecule has 2 aromatic rings. The van der Waals surface area contributed by atoms with E-state index in [1.54, 1.807) is 0 Å². The van der Waals surface area contributed by atoms with Gasteiger partial charge >= 0.3 is 0 Å². The minimum atomic E-state index is -0.0674. The van der Waals surface area contributed by atoms with Gasteiger partial charge in [-0.2, -0.15) is 0 Å². The van der Waals surface area contributed by atoms with E-state index in [1.165, 1.54) is 30.4 Å². The molecule has 2 fully saturated rings. The summed E-state index contributed by atoms with van der Waals surface area (Å²) < 4.78 is 5.43. The lowest BCUT2D eigenvalue weighted by atomic mass is 9.94. The lowest BCUT2D eigenvalue weighted by Crippen LogP contribution is -2.42. The van der Waals surface area contributed by atoms with Crippen molar-refractivity contribution in [3.05, 3.63) is 53.2 Å². The summed E-state index contributed by atoms with van der Waals surface area (Å²) in [6.07, 6.45) is 8.21. The number of benzene rings is 1. The van der Waals surface area contributed by atoms with Gasteiger partial charge in [0.25, 0.3) is 5.91 Å². The molecule has 3 aliphatic rings. The van der Waals surface area contributed by atoms with Gasteiger partial charge in [0.2, 0.25) is 5.76 Å². The fourth-order valence-electron chi connectivity index (χ4n) is 4.68. The van der Waals surface area contributed by atoms with E-state index in [2.05, 4.69) is 34.6 Å². The van der Waals surface area contributed by atoms with Crippen molar-refractivity contribution in [2.24, 2.45) is 11.8 Å². The van der Waals surface area contributed by atoms with E-state index in [0.29, 0.717) is 23.5 Å². The molecular weight excluding hydrogens is 300 g/mol. The maximum Gasteiger partial charge on any atom is 0.289 e. The number of carbonyl (C=O) groups is 1. The smallest absolute Gasteiger partial charge is 0.289 e. The molecule has 0 spiro atoms. The number of hydrogen-bond acceptors (Lipinski definition) is 3. The van der Waals surface area contributed by atoms with Crippen LogP contribution in [0.25, 0.3) is 0 Å². The van der Waals surface area contributed by atoms with Gasteiger partial charge in [0.15, 0.2) is 6.39 Å². The molecule has 4 nitrogen and oxygen atoms in total. The zero-order chi connectivity index (χ0) is 16.1. The molecule has 2 atom stereocenters. The van der Waals surface area contributed by atoms with Crippen LogP contribution in [0.1, 0.15) is 59.0 Å². The molecule has 0 radical (unpaired) electrons. The highest BCUT2D eigenvalue weighted by Crippen LogP contribution is 2.42. The summed E-state index contributed by atoms with van der Waals surface area (Å²) >= 11 is 0. The zero-order valence-corrected chi connectivity index (χ0v) is 13.7. The van der Waals surface area contributed by atoms with E-state index in [0.717, 1.165) is 31.4 Å². The first-order valence-corrected chi connectivity index (χ1v) is 9.10. The summed E-state index contributed by atoms with van der Waals surface area (Å²) in [7, 11) is 0. The van der Waals surface area contributed by atoms with Gasteiger partial charge in [-0.1, -0.05) is 24.3 Å². The lowest BCUT2D eigenvalue weighted by Gasteiger charge is -2.23. The van der Waals surface area contributed by atoms with Crippen molar-refractivity contribution in [3.63, 3.8) is 0 Å². The van der Waals surface area contributed by atoms with Gasteiger partial charge in [0, 0.05) is 12.0 Å². The summed E-state index contributed by atoms with van der Waals surface area (Å²) in [5.74, 6) is 1.88. The second kappa shape index (κ2) is 5.47. The van der Waals surface area contributed by atoms with Crippen molar-refractivity contribution in [2.75, 3.05) is 0 Å². The number of nitrogens with zero attached hydrogens (tertiary/aromatic N) is 1. The van der Waals surface area contributed by atoms with Crippen LogP contribution in [0.5, 0.6) is 0 Å². The van der Waals surface area contributed by atoms with Crippen molar-refractivity contribution >= 4 is 5.91 Å². The summed E-state index contributed by atoms with van der Waals surface area (Å²) in [5.41, 5.74) is 3.78. The average Bonchev–Trinajstić information content (AvgIpc) is 3.22. The molecule has 1 N–H and O–H groups in total. The largest absolute Gasteiger partial charge is 0.438 e. The normalized spacial score (nSPS) is 28.2. The minimum Gasteiger partial charge on any atom is -0.438 e. The number of fused-ring (bicyclic) bond motifs is 3. The minimum absolute atomic E-state index is 0.0674. The van der Waals surface area contributed by atoms with Gasteiger partial charge in [-0.25, -0.2) is 4.98 Å². The molecule has 4 heteroatoms. The summed E-state index contributed by atoms with van der Waals surface area (Å²) in [5, 5.41) is 3.31. The average molecular weight is 322 g/mol. The second-order valence-corrected chi connectivity index (χ2v) is 7.61. The van der Waals surface area contributed by atoms with E-state index in [1.807, 2.05) is 0 Å². The van der Waals surface area contributed by atoms with Gasteiger partial charge in [-0.05, 0) is 61.5 Å². The predicted octanol–water partition coefficient (Wildman–Crippen LogP) is 3.48. The standard InChI is InChI=1S/C20H22N2O2/c23-20(19-18(12-5-6-12)21-11-24-19)22-17-15-7-8-16(17)10-14-4-2-1-3-13(14)9-15/h1-4,11-12,15-17H,5-10H2,(H,22,23)/t15-,16-/m0/s1. The monoisotopic (exact) mass is 322 g/mol. The van der Waals surface area contributed by atoms with Crippen molar-refractivity contribution in [1.82, 2.24) is 10.3 Å². The molecule has 5 rings (SSSR count). The summed E-state index contributed by atoms with van der Waals surface area (Å²) in [6, 6.07) is 9.00. The summed E-state index contributed by atoms with van der Waals surface area (Å²) in [4.78, 5) is 17.1. The maximum atomic E-state index is 12.8. The Hall–Kier alpha value is -2.10. The maximum absolute atomic E-state index is 12.8. The summed E-state index contributed by atoms with van der Waals surface area (Å²) in [6.45, 7) is 0. The Morgan fingerprint density at radius 2 is 1.71 bits per heavy atom. The number of nitrogens with one attached hydrogen (secondary N) is 1. The molecule has 1 aromatic heterocycles. The Kier molecular flexibility index (Phi) is 3.25. The van der Waals surface area contributed by atoms with Gasteiger partial charge in [-0.3, -0.25) is 4.79 Å². The Morgan fingerprint density at radius 3 is 2.33 bits per heavy atom. The van der Waals surface area contributed by atoms with Crippen LogP contribution in [0.15, 0.2) is 35.1 Å². The van der Waals surface area contributed by atoms with Crippen LogP contribution in [0.4, 0.5) is 0 Å². The fraction of sp³-hybridized carbons (Fsp3) is 0.500. The van der Waals surface area contributed by atoms with E-state index >= 15 is 0 Å². The topological polar surface area (TPSA) is 55.1 Å². The first kappa shape index (κ1) is 14.3. The van der Waals surface area contributed by atoms with E-state index in [9.17, 15) is 4.79 Å².